The van der Waals surface area contributed by atoms with Crippen LogP contribution >= 0.6 is 0 Å². The molecule has 0 aliphatic carbocycles. The highest BCUT2D eigenvalue weighted by molar-refractivity contribution is 5.27. The van der Waals surface area contributed by atoms with Crippen molar-refractivity contribution in [3.8, 4) is 0 Å². The van der Waals surface area contributed by atoms with E-state index in [4.69, 9.17) is 0 Å². The van der Waals surface area contributed by atoms with Crippen LogP contribution in [-0.4, -0.2) is 21.4 Å². The SMILES string of the molecule is CC(C)(C)c1nc2c(c(=O)[nH]1)CN(Cc1ccc(C(F)(F)F)cc1F)CC2. The number of alkyl halides is 3. The monoisotopic (exact) mass is 383 g/mol. The highest BCUT2D eigenvalue weighted by Gasteiger charge is 2.31. The van der Waals surface area contributed by atoms with Gasteiger partial charge in [-0.1, -0.05) is 26.8 Å². The van der Waals surface area contributed by atoms with E-state index in [2.05, 4.69) is 9.97 Å². The highest BCUT2D eigenvalue weighted by atomic mass is 19.4. The minimum Gasteiger partial charge on any atom is -0.310 e. The summed E-state index contributed by atoms with van der Waals surface area (Å²) >= 11 is 0. The molecule has 0 radical (unpaired) electrons. The average molecular weight is 383 g/mol. The summed E-state index contributed by atoms with van der Waals surface area (Å²) in [5, 5.41) is 0. The van der Waals surface area contributed by atoms with Crippen LogP contribution in [-0.2, 0) is 31.1 Å². The lowest BCUT2D eigenvalue weighted by molar-refractivity contribution is -0.137. The van der Waals surface area contributed by atoms with Gasteiger partial charge >= 0.3 is 6.18 Å². The summed E-state index contributed by atoms with van der Waals surface area (Å²) in [5.41, 5.74) is -0.0866. The first-order chi connectivity index (χ1) is 12.4. The van der Waals surface area contributed by atoms with Crippen LogP contribution in [0.2, 0.25) is 0 Å². The van der Waals surface area contributed by atoms with Crippen LogP contribution in [0.1, 0.15) is 49.0 Å². The molecular weight excluding hydrogens is 362 g/mol. The van der Waals surface area contributed by atoms with Crippen molar-refractivity contribution < 1.29 is 17.6 Å². The lowest BCUT2D eigenvalue weighted by Crippen LogP contribution is -2.37. The summed E-state index contributed by atoms with van der Waals surface area (Å²) in [7, 11) is 0. The van der Waals surface area contributed by atoms with E-state index in [-0.39, 0.29) is 29.6 Å². The lowest BCUT2D eigenvalue weighted by atomic mass is 9.95. The number of aromatic nitrogens is 2. The molecule has 0 amide bonds. The zero-order valence-corrected chi connectivity index (χ0v) is 15.4. The quantitative estimate of drug-likeness (QED) is 0.803. The predicted molar refractivity (Wildman–Crippen MR) is 92.8 cm³/mol. The molecule has 0 atom stereocenters. The molecule has 0 fully saturated rings. The number of nitrogens with zero attached hydrogens (tertiary/aromatic N) is 2. The molecule has 1 aliphatic heterocycles. The Bertz CT molecular complexity index is 913. The van der Waals surface area contributed by atoms with Crippen molar-refractivity contribution >= 4 is 0 Å². The van der Waals surface area contributed by atoms with Gasteiger partial charge < -0.3 is 4.98 Å². The minimum atomic E-state index is -4.58. The molecule has 2 aromatic rings. The second kappa shape index (κ2) is 6.74. The summed E-state index contributed by atoms with van der Waals surface area (Å²) < 4.78 is 52.1. The number of nitrogens with one attached hydrogen (secondary N) is 1. The van der Waals surface area contributed by atoms with Crippen LogP contribution in [0.5, 0.6) is 0 Å². The molecule has 0 bridgehead atoms. The Morgan fingerprint density at radius 3 is 2.52 bits per heavy atom. The highest BCUT2D eigenvalue weighted by Crippen LogP contribution is 2.30. The number of halogens is 4. The fraction of sp³-hybridized carbons (Fsp3) is 0.474. The van der Waals surface area contributed by atoms with E-state index in [1.165, 1.54) is 0 Å². The molecule has 3 rings (SSSR count). The molecule has 8 heteroatoms. The van der Waals surface area contributed by atoms with E-state index >= 15 is 0 Å². The van der Waals surface area contributed by atoms with Crippen LogP contribution in [0.15, 0.2) is 23.0 Å². The van der Waals surface area contributed by atoms with Crippen molar-refractivity contribution in [2.75, 3.05) is 6.54 Å². The Hall–Kier alpha value is -2.22. The molecule has 1 aromatic carbocycles. The molecule has 1 aromatic heterocycles. The number of hydrogen-bond acceptors (Lipinski definition) is 3. The van der Waals surface area contributed by atoms with Crippen LogP contribution in [0.4, 0.5) is 17.6 Å². The molecule has 0 saturated heterocycles. The van der Waals surface area contributed by atoms with Gasteiger partial charge in [-0.05, 0) is 12.1 Å². The van der Waals surface area contributed by atoms with Crippen molar-refractivity contribution in [2.45, 2.75) is 51.9 Å². The second-order valence-electron chi connectivity index (χ2n) is 7.85. The summed E-state index contributed by atoms with van der Waals surface area (Å²) in [4.78, 5) is 21.6. The molecule has 2 heterocycles. The van der Waals surface area contributed by atoms with Gasteiger partial charge in [0.15, 0.2) is 0 Å². The Kier molecular flexibility index (Phi) is 4.88. The number of H-pyrrole nitrogens is 1. The molecule has 0 spiro atoms. The first-order valence-electron chi connectivity index (χ1n) is 8.65. The number of aromatic amines is 1. The van der Waals surface area contributed by atoms with Crippen molar-refractivity contribution in [2.24, 2.45) is 0 Å². The molecule has 0 saturated carbocycles. The largest absolute Gasteiger partial charge is 0.416 e. The Labute approximate surface area is 154 Å². The molecule has 146 valence electrons. The number of benzene rings is 1. The number of rotatable bonds is 2. The van der Waals surface area contributed by atoms with E-state index < -0.39 is 17.6 Å². The molecule has 0 unspecified atom stereocenters. The standard InChI is InChI=1S/C19H21F4N3O/c1-18(2,3)17-24-15-6-7-26(10-13(15)16(27)25-17)9-11-4-5-12(8-14(11)20)19(21,22)23/h4-5,8H,6-7,9-10H2,1-3H3,(H,24,25,27). The van der Waals surface area contributed by atoms with E-state index in [1.807, 2.05) is 25.7 Å². The van der Waals surface area contributed by atoms with E-state index in [9.17, 15) is 22.4 Å². The maximum atomic E-state index is 14.1. The Balaban J connectivity index is 1.80. The van der Waals surface area contributed by atoms with Crippen molar-refractivity contribution in [3.05, 3.63) is 62.6 Å². The third-order valence-electron chi connectivity index (χ3n) is 4.63. The normalized spacial score (nSPS) is 15.7. The molecule has 1 N–H and O–H groups in total. The first-order valence-corrected chi connectivity index (χ1v) is 8.65. The minimum absolute atomic E-state index is 0.129. The Morgan fingerprint density at radius 1 is 1.22 bits per heavy atom. The van der Waals surface area contributed by atoms with Crippen molar-refractivity contribution in [1.82, 2.24) is 14.9 Å². The van der Waals surface area contributed by atoms with Gasteiger partial charge in [0.2, 0.25) is 0 Å². The van der Waals surface area contributed by atoms with Gasteiger partial charge in [0.25, 0.3) is 5.56 Å². The van der Waals surface area contributed by atoms with Crippen molar-refractivity contribution in [1.29, 1.82) is 0 Å². The van der Waals surface area contributed by atoms with Gasteiger partial charge in [0.1, 0.15) is 11.6 Å². The maximum absolute atomic E-state index is 14.1. The van der Waals surface area contributed by atoms with Gasteiger partial charge in [-0.15, -0.1) is 0 Å². The fourth-order valence-corrected chi connectivity index (χ4v) is 3.06. The number of fused-ring (bicyclic) bond motifs is 1. The topological polar surface area (TPSA) is 49.0 Å². The maximum Gasteiger partial charge on any atom is 0.416 e. The molecule has 27 heavy (non-hydrogen) atoms. The number of hydrogen-bond donors (Lipinski definition) is 1. The zero-order valence-electron chi connectivity index (χ0n) is 15.4. The zero-order chi connectivity index (χ0) is 20.0. The average Bonchev–Trinajstić information content (AvgIpc) is 2.55. The fourth-order valence-electron chi connectivity index (χ4n) is 3.06. The van der Waals surface area contributed by atoms with E-state index in [1.54, 1.807) is 0 Å². The lowest BCUT2D eigenvalue weighted by Gasteiger charge is -2.29. The van der Waals surface area contributed by atoms with Gasteiger partial charge in [-0.2, -0.15) is 13.2 Å². The van der Waals surface area contributed by atoms with Crippen LogP contribution < -0.4 is 5.56 Å². The third kappa shape index (κ3) is 4.21. The predicted octanol–water partition coefficient (Wildman–Crippen LogP) is 3.78. The van der Waals surface area contributed by atoms with Gasteiger partial charge in [0, 0.05) is 37.0 Å². The van der Waals surface area contributed by atoms with Gasteiger partial charge in [0.05, 0.1) is 16.8 Å². The van der Waals surface area contributed by atoms with Crippen LogP contribution in [0, 0.1) is 5.82 Å². The summed E-state index contributed by atoms with van der Waals surface area (Å²) in [5.74, 6) is -0.278. The Morgan fingerprint density at radius 2 is 1.93 bits per heavy atom. The van der Waals surface area contributed by atoms with Crippen LogP contribution in [0.25, 0.3) is 0 Å². The van der Waals surface area contributed by atoms with E-state index in [0.29, 0.717) is 30.4 Å². The molecule has 4 nitrogen and oxygen atoms in total. The molecule has 1 aliphatic rings. The summed E-state index contributed by atoms with van der Waals surface area (Å²) in [6.45, 7) is 6.83. The van der Waals surface area contributed by atoms with Gasteiger partial charge in [-0.3, -0.25) is 9.69 Å². The molecular formula is C19H21F4N3O. The smallest absolute Gasteiger partial charge is 0.310 e. The second-order valence-corrected chi connectivity index (χ2v) is 7.85. The van der Waals surface area contributed by atoms with Crippen LogP contribution in [0.3, 0.4) is 0 Å². The summed E-state index contributed by atoms with van der Waals surface area (Å²) in [6.07, 6.45) is -4.04. The van der Waals surface area contributed by atoms with Gasteiger partial charge in [-0.25, -0.2) is 9.37 Å². The van der Waals surface area contributed by atoms with Crippen molar-refractivity contribution in [3.63, 3.8) is 0 Å². The third-order valence-corrected chi connectivity index (χ3v) is 4.63. The first kappa shape index (κ1) is 19.5. The summed E-state index contributed by atoms with van der Waals surface area (Å²) in [6, 6.07) is 2.54. The van der Waals surface area contributed by atoms with E-state index in [0.717, 1.165) is 17.8 Å².